The van der Waals surface area contributed by atoms with Crippen LogP contribution in [0.5, 0.6) is 0 Å². The van der Waals surface area contributed by atoms with Gasteiger partial charge in [0, 0.05) is 31.2 Å². The minimum Gasteiger partial charge on any atom is -0.319 e. The second kappa shape index (κ2) is 6.87. The molecule has 4 heteroatoms. The van der Waals surface area contributed by atoms with Crippen LogP contribution in [-0.2, 0) is 6.54 Å². The van der Waals surface area contributed by atoms with Gasteiger partial charge in [0.15, 0.2) is 0 Å². The van der Waals surface area contributed by atoms with E-state index < -0.39 is 0 Å². The summed E-state index contributed by atoms with van der Waals surface area (Å²) < 4.78 is 2.04. The van der Waals surface area contributed by atoms with E-state index in [1.54, 1.807) is 0 Å². The first-order valence-corrected chi connectivity index (χ1v) is 7.79. The Morgan fingerprint density at radius 3 is 2.86 bits per heavy atom. The zero-order valence-electron chi connectivity index (χ0n) is 12.7. The molecular formula is C17H24N4. The van der Waals surface area contributed by atoms with Crippen molar-refractivity contribution in [2.45, 2.75) is 19.4 Å². The highest BCUT2D eigenvalue weighted by Gasteiger charge is 2.19. The van der Waals surface area contributed by atoms with Crippen LogP contribution in [0.4, 0.5) is 0 Å². The van der Waals surface area contributed by atoms with Gasteiger partial charge in [-0.2, -0.15) is 0 Å². The van der Waals surface area contributed by atoms with E-state index in [2.05, 4.69) is 39.5 Å². The highest BCUT2D eigenvalue weighted by Crippen LogP contribution is 2.18. The Morgan fingerprint density at radius 2 is 2.14 bits per heavy atom. The maximum Gasteiger partial charge on any atom is 0.0991 e. The number of nitrogens with zero attached hydrogens (tertiary/aromatic N) is 3. The third kappa shape index (κ3) is 3.71. The number of nitrogens with one attached hydrogen (secondary N) is 1. The van der Waals surface area contributed by atoms with Crippen LogP contribution in [-0.4, -0.2) is 41.1 Å². The molecule has 1 aromatic heterocycles. The zero-order chi connectivity index (χ0) is 14.5. The molecule has 1 aromatic carbocycles. The number of aromatic nitrogens is 2. The van der Waals surface area contributed by atoms with Crippen molar-refractivity contribution in [1.29, 1.82) is 0 Å². The fourth-order valence-electron chi connectivity index (χ4n) is 3.19. The van der Waals surface area contributed by atoms with Gasteiger partial charge in [0.1, 0.15) is 0 Å². The lowest BCUT2D eigenvalue weighted by molar-refractivity contribution is 0.167. The Hall–Kier alpha value is -1.65. The van der Waals surface area contributed by atoms with Crippen LogP contribution in [0.25, 0.3) is 5.69 Å². The van der Waals surface area contributed by atoms with Gasteiger partial charge in [0.05, 0.1) is 6.33 Å². The van der Waals surface area contributed by atoms with Crippen molar-refractivity contribution in [3.8, 4) is 5.69 Å². The fraction of sp³-hybridized carbons (Fsp3) is 0.471. The lowest BCUT2D eigenvalue weighted by Crippen LogP contribution is -2.38. The third-order valence-electron chi connectivity index (χ3n) is 4.24. The Kier molecular flexibility index (Phi) is 4.68. The van der Waals surface area contributed by atoms with Gasteiger partial charge in [-0.3, -0.25) is 4.90 Å². The number of hydrogen-bond donors (Lipinski definition) is 1. The second-order valence-corrected chi connectivity index (χ2v) is 5.94. The first kappa shape index (κ1) is 14.3. The lowest BCUT2D eigenvalue weighted by atomic mass is 9.97. The van der Waals surface area contributed by atoms with E-state index in [-0.39, 0.29) is 0 Å². The molecule has 1 fully saturated rings. The van der Waals surface area contributed by atoms with Crippen molar-refractivity contribution in [1.82, 2.24) is 19.8 Å². The molecule has 0 bridgehead atoms. The normalized spacial score (nSPS) is 19.8. The van der Waals surface area contributed by atoms with Crippen LogP contribution in [0.1, 0.15) is 18.4 Å². The van der Waals surface area contributed by atoms with Crippen LogP contribution >= 0.6 is 0 Å². The van der Waals surface area contributed by atoms with Gasteiger partial charge < -0.3 is 9.88 Å². The van der Waals surface area contributed by atoms with Gasteiger partial charge in [-0.05, 0) is 56.6 Å². The maximum atomic E-state index is 4.09. The van der Waals surface area contributed by atoms with Crippen LogP contribution in [0, 0.1) is 5.92 Å². The van der Waals surface area contributed by atoms with Crippen LogP contribution < -0.4 is 5.32 Å². The number of hydrogen-bond acceptors (Lipinski definition) is 3. The summed E-state index contributed by atoms with van der Waals surface area (Å²) in [6, 6.07) is 8.81. The second-order valence-electron chi connectivity index (χ2n) is 5.94. The van der Waals surface area contributed by atoms with Crippen LogP contribution in [0.2, 0.25) is 0 Å². The van der Waals surface area contributed by atoms with Crippen molar-refractivity contribution in [2.75, 3.05) is 26.7 Å². The Bertz CT molecular complexity index is 530. The predicted octanol–water partition coefficient (Wildman–Crippen LogP) is 2.30. The molecule has 0 amide bonds. The molecule has 21 heavy (non-hydrogen) atoms. The first-order chi connectivity index (χ1) is 10.3. The molecule has 1 aliphatic heterocycles. The van der Waals surface area contributed by atoms with Gasteiger partial charge in [0.2, 0.25) is 0 Å². The van der Waals surface area contributed by atoms with E-state index in [0.29, 0.717) is 0 Å². The average molecular weight is 284 g/mol. The molecule has 1 N–H and O–H groups in total. The summed E-state index contributed by atoms with van der Waals surface area (Å²) in [6.45, 7) is 4.63. The molecule has 0 saturated carbocycles. The van der Waals surface area contributed by atoms with E-state index in [1.807, 2.05) is 30.3 Å². The van der Waals surface area contributed by atoms with Gasteiger partial charge >= 0.3 is 0 Å². The molecule has 0 aliphatic carbocycles. The Labute approximate surface area is 126 Å². The topological polar surface area (TPSA) is 33.1 Å². The molecule has 1 atom stereocenters. The highest BCUT2D eigenvalue weighted by atomic mass is 15.1. The zero-order valence-corrected chi connectivity index (χ0v) is 12.7. The highest BCUT2D eigenvalue weighted by molar-refractivity contribution is 5.34. The summed E-state index contributed by atoms with van der Waals surface area (Å²) in [7, 11) is 2.05. The Morgan fingerprint density at radius 1 is 1.29 bits per heavy atom. The van der Waals surface area contributed by atoms with Crippen LogP contribution in [0.15, 0.2) is 43.0 Å². The van der Waals surface area contributed by atoms with Gasteiger partial charge in [-0.15, -0.1) is 0 Å². The molecule has 0 spiro atoms. The number of imidazole rings is 1. The fourth-order valence-corrected chi connectivity index (χ4v) is 3.19. The lowest BCUT2D eigenvalue weighted by Gasteiger charge is -2.32. The summed E-state index contributed by atoms with van der Waals surface area (Å²) in [6.07, 6.45) is 8.30. The number of piperidine rings is 1. The molecule has 3 rings (SSSR count). The van der Waals surface area contributed by atoms with Crippen molar-refractivity contribution < 1.29 is 0 Å². The number of likely N-dealkylation sites (tertiary alicyclic amines) is 1. The summed E-state index contributed by atoms with van der Waals surface area (Å²) in [5, 5.41) is 3.31. The summed E-state index contributed by atoms with van der Waals surface area (Å²) >= 11 is 0. The minimum absolute atomic E-state index is 0.800. The first-order valence-electron chi connectivity index (χ1n) is 7.79. The van der Waals surface area contributed by atoms with Crippen molar-refractivity contribution >= 4 is 0 Å². The third-order valence-corrected chi connectivity index (χ3v) is 4.24. The summed E-state index contributed by atoms with van der Waals surface area (Å²) in [4.78, 5) is 6.67. The van der Waals surface area contributed by atoms with Crippen molar-refractivity contribution in [3.05, 3.63) is 48.5 Å². The van der Waals surface area contributed by atoms with Crippen LogP contribution in [0.3, 0.4) is 0 Å². The number of benzene rings is 1. The maximum absolute atomic E-state index is 4.09. The SMILES string of the molecule is CNCC1CCCN(Cc2ccc(-n3ccnc3)cc2)C1. The van der Waals surface area contributed by atoms with E-state index in [4.69, 9.17) is 0 Å². The summed E-state index contributed by atoms with van der Waals surface area (Å²) in [5.41, 5.74) is 2.56. The molecule has 2 heterocycles. The minimum atomic E-state index is 0.800. The molecule has 2 aromatic rings. The predicted molar refractivity (Wildman–Crippen MR) is 85.5 cm³/mol. The molecule has 1 unspecified atom stereocenters. The number of rotatable bonds is 5. The summed E-state index contributed by atoms with van der Waals surface area (Å²) in [5.74, 6) is 0.800. The van der Waals surface area contributed by atoms with Gasteiger partial charge in [0.25, 0.3) is 0 Å². The van der Waals surface area contributed by atoms with Crippen molar-refractivity contribution in [2.24, 2.45) is 5.92 Å². The van der Waals surface area contributed by atoms with Crippen molar-refractivity contribution in [3.63, 3.8) is 0 Å². The monoisotopic (exact) mass is 284 g/mol. The average Bonchev–Trinajstić information content (AvgIpc) is 3.03. The molecule has 4 nitrogen and oxygen atoms in total. The molecule has 0 radical (unpaired) electrons. The quantitative estimate of drug-likeness (QED) is 0.914. The van der Waals surface area contributed by atoms with E-state index in [1.165, 1.54) is 37.2 Å². The van der Waals surface area contributed by atoms with E-state index >= 15 is 0 Å². The Balaban J connectivity index is 1.60. The van der Waals surface area contributed by atoms with E-state index in [9.17, 15) is 0 Å². The largest absolute Gasteiger partial charge is 0.319 e. The standard InChI is InChI=1S/C17H24N4/c1-18-11-16-3-2-9-20(13-16)12-15-4-6-17(7-5-15)21-10-8-19-14-21/h4-8,10,14,16,18H,2-3,9,11-13H2,1H3. The molecular weight excluding hydrogens is 260 g/mol. The molecule has 1 aliphatic rings. The molecule has 1 saturated heterocycles. The van der Waals surface area contributed by atoms with Gasteiger partial charge in [-0.25, -0.2) is 4.98 Å². The van der Waals surface area contributed by atoms with Gasteiger partial charge in [-0.1, -0.05) is 12.1 Å². The van der Waals surface area contributed by atoms with E-state index in [0.717, 1.165) is 19.0 Å². The smallest absolute Gasteiger partial charge is 0.0991 e. The molecule has 112 valence electrons.